The van der Waals surface area contributed by atoms with Crippen LogP contribution >= 0.6 is 0 Å². The molecule has 1 N–H and O–H groups in total. The maximum absolute atomic E-state index is 12.4. The van der Waals surface area contributed by atoms with Gasteiger partial charge in [-0.15, -0.1) is 0 Å². The predicted molar refractivity (Wildman–Crippen MR) is 110 cm³/mol. The molecular weight excluding hydrogens is 366 g/mol. The Morgan fingerprint density at radius 3 is 2.59 bits per heavy atom. The lowest BCUT2D eigenvalue weighted by atomic mass is 10.1. The number of nitrogens with one attached hydrogen (secondary N) is 1. The van der Waals surface area contributed by atoms with Gasteiger partial charge in [-0.1, -0.05) is 41.1 Å². The Morgan fingerprint density at radius 1 is 1.07 bits per heavy atom. The lowest BCUT2D eigenvalue weighted by Gasteiger charge is -2.07. The van der Waals surface area contributed by atoms with Crippen LogP contribution in [0.2, 0.25) is 0 Å². The first kappa shape index (κ1) is 18.4. The average molecular weight is 385 g/mol. The number of hydrogen-bond donors (Lipinski definition) is 1. The molecule has 2 aromatic carbocycles. The Morgan fingerprint density at radius 2 is 1.86 bits per heavy atom. The van der Waals surface area contributed by atoms with Crippen molar-refractivity contribution in [3.05, 3.63) is 96.0 Å². The minimum atomic E-state index is -0.361. The molecule has 0 radical (unpaired) electrons. The van der Waals surface area contributed by atoms with Gasteiger partial charge in [0.1, 0.15) is 18.1 Å². The summed E-state index contributed by atoms with van der Waals surface area (Å²) in [5.41, 5.74) is 4.29. The van der Waals surface area contributed by atoms with Crippen molar-refractivity contribution in [2.24, 2.45) is 0 Å². The first-order valence-electron chi connectivity index (χ1n) is 9.14. The second kappa shape index (κ2) is 8.39. The van der Waals surface area contributed by atoms with Gasteiger partial charge in [-0.05, 0) is 37.3 Å². The summed E-state index contributed by atoms with van der Waals surface area (Å²) in [6.07, 6.45) is 3.48. The van der Waals surface area contributed by atoms with Crippen molar-refractivity contribution in [3.63, 3.8) is 0 Å². The minimum Gasteiger partial charge on any atom is -0.489 e. The monoisotopic (exact) mass is 385 g/mol. The van der Waals surface area contributed by atoms with E-state index < -0.39 is 0 Å². The molecule has 0 aliphatic heterocycles. The predicted octanol–water partition coefficient (Wildman–Crippen LogP) is 4.88. The summed E-state index contributed by atoms with van der Waals surface area (Å²) in [6.45, 7) is 2.44. The van der Waals surface area contributed by atoms with Crippen LogP contribution in [0.25, 0.3) is 11.3 Å². The summed E-state index contributed by atoms with van der Waals surface area (Å²) < 4.78 is 10.9. The number of amides is 1. The van der Waals surface area contributed by atoms with E-state index in [-0.39, 0.29) is 11.7 Å². The highest BCUT2D eigenvalue weighted by molar-refractivity contribution is 6.02. The number of ether oxygens (including phenoxy) is 1. The zero-order chi connectivity index (χ0) is 20.1. The number of carbonyl (C=O) groups is 1. The normalized spacial score (nSPS) is 10.5. The van der Waals surface area contributed by atoms with Crippen LogP contribution in [0.3, 0.4) is 0 Å². The number of carbonyl (C=O) groups excluding carboxylic acids is 1. The zero-order valence-corrected chi connectivity index (χ0v) is 15.8. The maximum Gasteiger partial charge on any atom is 0.294 e. The third-order valence-electron chi connectivity index (χ3n) is 4.32. The fourth-order valence-corrected chi connectivity index (χ4v) is 2.72. The molecule has 4 aromatic rings. The fraction of sp³-hybridized carbons (Fsp3) is 0.0870. The lowest BCUT2D eigenvalue weighted by Crippen LogP contribution is -2.10. The Labute approximate surface area is 168 Å². The van der Waals surface area contributed by atoms with Crippen LogP contribution < -0.4 is 10.1 Å². The van der Waals surface area contributed by atoms with Crippen LogP contribution in [0.5, 0.6) is 5.75 Å². The summed E-state index contributed by atoms with van der Waals surface area (Å²) in [4.78, 5) is 16.5. The van der Waals surface area contributed by atoms with Crippen molar-refractivity contribution in [1.29, 1.82) is 0 Å². The number of nitrogens with zero attached hydrogens (tertiary/aromatic N) is 2. The molecule has 2 heterocycles. The van der Waals surface area contributed by atoms with E-state index in [1.165, 1.54) is 0 Å². The van der Waals surface area contributed by atoms with Gasteiger partial charge in [-0.25, -0.2) is 0 Å². The molecule has 6 nitrogen and oxygen atoms in total. The second-order valence-electron chi connectivity index (χ2n) is 6.57. The molecule has 2 aromatic heterocycles. The average Bonchev–Trinajstić information content (AvgIpc) is 3.25. The summed E-state index contributed by atoms with van der Waals surface area (Å²) in [5.74, 6) is 0.491. The zero-order valence-electron chi connectivity index (χ0n) is 15.8. The number of rotatable bonds is 6. The highest BCUT2D eigenvalue weighted by Gasteiger charge is 2.14. The minimum absolute atomic E-state index is 0.150. The Balaban J connectivity index is 1.36. The van der Waals surface area contributed by atoms with Gasteiger partial charge in [0.2, 0.25) is 5.76 Å². The van der Waals surface area contributed by atoms with E-state index in [0.29, 0.717) is 23.7 Å². The number of hydrogen-bond acceptors (Lipinski definition) is 5. The molecule has 0 bridgehead atoms. The van der Waals surface area contributed by atoms with Crippen LogP contribution in [0.4, 0.5) is 5.69 Å². The molecule has 0 aliphatic carbocycles. The molecule has 1 amide bonds. The number of aromatic nitrogens is 2. The topological polar surface area (TPSA) is 77.2 Å². The van der Waals surface area contributed by atoms with Crippen LogP contribution in [0.15, 0.2) is 83.6 Å². The molecule has 0 fully saturated rings. The van der Waals surface area contributed by atoms with Crippen LogP contribution in [-0.4, -0.2) is 16.0 Å². The van der Waals surface area contributed by atoms with E-state index in [0.717, 1.165) is 16.7 Å². The highest BCUT2D eigenvalue weighted by atomic mass is 16.5. The third kappa shape index (κ3) is 4.68. The first-order valence-corrected chi connectivity index (χ1v) is 9.14. The molecule has 144 valence electrons. The molecule has 29 heavy (non-hydrogen) atoms. The molecule has 0 saturated carbocycles. The van der Waals surface area contributed by atoms with Gasteiger partial charge in [-0.2, -0.15) is 0 Å². The SMILES string of the molecule is Cc1ccc(-c2cc(C(=O)Nc3ccc(OCc4cccnc4)cc3)on2)cc1. The van der Waals surface area contributed by atoms with E-state index in [1.54, 1.807) is 42.7 Å². The third-order valence-corrected chi connectivity index (χ3v) is 4.32. The quantitative estimate of drug-likeness (QED) is 0.512. The number of aryl methyl sites for hydroxylation is 1. The van der Waals surface area contributed by atoms with Crippen LogP contribution in [0.1, 0.15) is 21.7 Å². The number of anilines is 1. The van der Waals surface area contributed by atoms with Crippen molar-refractivity contribution in [3.8, 4) is 17.0 Å². The summed E-state index contributed by atoms with van der Waals surface area (Å²) in [5, 5.41) is 6.78. The number of benzene rings is 2. The smallest absolute Gasteiger partial charge is 0.294 e. The van der Waals surface area contributed by atoms with Gasteiger partial charge in [0, 0.05) is 35.3 Å². The van der Waals surface area contributed by atoms with E-state index in [9.17, 15) is 4.79 Å². The van der Waals surface area contributed by atoms with E-state index >= 15 is 0 Å². The fourth-order valence-electron chi connectivity index (χ4n) is 2.72. The van der Waals surface area contributed by atoms with Crippen molar-refractivity contribution in [1.82, 2.24) is 10.1 Å². The van der Waals surface area contributed by atoms with Crippen LogP contribution in [-0.2, 0) is 6.61 Å². The molecule has 4 rings (SSSR count). The highest BCUT2D eigenvalue weighted by Crippen LogP contribution is 2.21. The van der Waals surface area contributed by atoms with Gasteiger partial charge >= 0.3 is 0 Å². The van der Waals surface area contributed by atoms with Gasteiger partial charge < -0.3 is 14.6 Å². The summed E-state index contributed by atoms with van der Waals surface area (Å²) in [6, 6.07) is 20.4. The Bertz CT molecular complexity index is 1090. The van der Waals surface area contributed by atoms with Crippen molar-refractivity contribution < 1.29 is 14.1 Å². The van der Waals surface area contributed by atoms with E-state index in [4.69, 9.17) is 9.26 Å². The van der Waals surface area contributed by atoms with E-state index in [2.05, 4.69) is 15.5 Å². The molecule has 0 aliphatic rings. The molecule has 6 heteroatoms. The summed E-state index contributed by atoms with van der Waals surface area (Å²) >= 11 is 0. The molecule has 0 atom stereocenters. The summed E-state index contributed by atoms with van der Waals surface area (Å²) in [7, 11) is 0. The van der Waals surface area contributed by atoms with Crippen LogP contribution in [0, 0.1) is 6.92 Å². The molecular formula is C23H19N3O3. The largest absolute Gasteiger partial charge is 0.489 e. The lowest BCUT2D eigenvalue weighted by molar-refractivity contribution is 0.0988. The van der Waals surface area contributed by atoms with Gasteiger partial charge in [0.05, 0.1) is 0 Å². The van der Waals surface area contributed by atoms with Crippen molar-refractivity contribution in [2.75, 3.05) is 5.32 Å². The molecule has 0 unspecified atom stereocenters. The second-order valence-corrected chi connectivity index (χ2v) is 6.57. The molecule has 0 saturated heterocycles. The van der Waals surface area contributed by atoms with Gasteiger partial charge in [0.25, 0.3) is 5.91 Å². The first-order chi connectivity index (χ1) is 14.2. The number of pyridine rings is 1. The van der Waals surface area contributed by atoms with Gasteiger partial charge in [-0.3, -0.25) is 9.78 Å². The molecule has 0 spiro atoms. The van der Waals surface area contributed by atoms with Crippen molar-refractivity contribution >= 4 is 11.6 Å². The Hall–Kier alpha value is -3.93. The standard InChI is InChI=1S/C23H19N3O3/c1-16-4-6-18(7-5-16)21-13-22(29-26-21)23(27)25-19-8-10-20(11-9-19)28-15-17-3-2-12-24-14-17/h2-14H,15H2,1H3,(H,25,27). The van der Waals surface area contributed by atoms with Crippen molar-refractivity contribution in [2.45, 2.75) is 13.5 Å². The Kier molecular flexibility index (Phi) is 5.33. The maximum atomic E-state index is 12.4. The van der Waals surface area contributed by atoms with E-state index in [1.807, 2.05) is 43.3 Å². The van der Waals surface area contributed by atoms with Gasteiger partial charge in [0.15, 0.2) is 0 Å².